The van der Waals surface area contributed by atoms with E-state index in [2.05, 4.69) is 9.97 Å². The van der Waals surface area contributed by atoms with E-state index >= 15 is 4.39 Å². The Kier molecular flexibility index (Phi) is 4.69. The molecule has 1 aliphatic rings. The molecule has 29 heavy (non-hydrogen) atoms. The SMILES string of the molecule is Cc1cc(S(C)(=O)=O)ncc1N1CCc2[nH]c(-c3c(C)cccc3F)c(F)c2C1. The minimum absolute atomic E-state index is 0.0154. The van der Waals surface area contributed by atoms with Crippen LogP contribution in [0, 0.1) is 25.5 Å². The molecule has 8 heteroatoms. The average molecular weight is 417 g/mol. The summed E-state index contributed by atoms with van der Waals surface area (Å²) >= 11 is 0. The lowest BCUT2D eigenvalue weighted by atomic mass is 10.0. The van der Waals surface area contributed by atoms with Crippen LogP contribution >= 0.6 is 0 Å². The molecule has 0 spiro atoms. The van der Waals surface area contributed by atoms with E-state index in [9.17, 15) is 12.8 Å². The Bertz CT molecular complexity index is 1200. The smallest absolute Gasteiger partial charge is 0.192 e. The van der Waals surface area contributed by atoms with Crippen LogP contribution in [0.5, 0.6) is 0 Å². The molecule has 0 amide bonds. The Labute approximate surface area is 168 Å². The number of nitrogens with zero attached hydrogens (tertiary/aromatic N) is 2. The van der Waals surface area contributed by atoms with Crippen molar-refractivity contribution in [1.29, 1.82) is 0 Å². The van der Waals surface area contributed by atoms with Gasteiger partial charge in [0.15, 0.2) is 20.7 Å². The van der Waals surface area contributed by atoms with Crippen molar-refractivity contribution in [3.63, 3.8) is 0 Å². The third-order valence-corrected chi connectivity index (χ3v) is 6.34. The van der Waals surface area contributed by atoms with Gasteiger partial charge in [-0.3, -0.25) is 0 Å². The Balaban J connectivity index is 1.71. The van der Waals surface area contributed by atoms with Gasteiger partial charge in [-0.25, -0.2) is 22.2 Å². The van der Waals surface area contributed by atoms with Gasteiger partial charge in [0, 0.05) is 42.6 Å². The molecule has 0 atom stereocenters. The first-order valence-corrected chi connectivity index (χ1v) is 11.1. The number of aromatic amines is 1. The van der Waals surface area contributed by atoms with Gasteiger partial charge in [-0.2, -0.15) is 0 Å². The van der Waals surface area contributed by atoms with Crippen LogP contribution in [0.25, 0.3) is 11.3 Å². The van der Waals surface area contributed by atoms with Crippen molar-refractivity contribution in [3.05, 3.63) is 64.5 Å². The summed E-state index contributed by atoms with van der Waals surface area (Å²) in [4.78, 5) is 9.10. The molecule has 152 valence electrons. The van der Waals surface area contributed by atoms with E-state index in [0.717, 1.165) is 23.2 Å². The average Bonchev–Trinajstić information content (AvgIpc) is 2.97. The zero-order valence-electron chi connectivity index (χ0n) is 16.4. The molecule has 5 nitrogen and oxygen atoms in total. The van der Waals surface area contributed by atoms with Crippen molar-refractivity contribution in [2.45, 2.75) is 31.8 Å². The van der Waals surface area contributed by atoms with Gasteiger partial charge in [0.25, 0.3) is 0 Å². The largest absolute Gasteiger partial charge is 0.365 e. The van der Waals surface area contributed by atoms with Crippen molar-refractivity contribution in [1.82, 2.24) is 9.97 Å². The number of hydrogen-bond donors (Lipinski definition) is 1. The quantitative estimate of drug-likeness (QED) is 0.701. The summed E-state index contributed by atoms with van der Waals surface area (Å²) < 4.78 is 53.0. The monoisotopic (exact) mass is 417 g/mol. The molecule has 4 rings (SSSR count). The van der Waals surface area contributed by atoms with Crippen molar-refractivity contribution in [3.8, 4) is 11.3 Å². The summed E-state index contributed by atoms with van der Waals surface area (Å²) in [6, 6.07) is 6.21. The number of aromatic nitrogens is 2. The van der Waals surface area contributed by atoms with Crippen LogP contribution in [0.3, 0.4) is 0 Å². The molecule has 0 saturated carbocycles. The van der Waals surface area contributed by atoms with Gasteiger partial charge in [-0.1, -0.05) is 12.1 Å². The van der Waals surface area contributed by atoms with Gasteiger partial charge in [0.2, 0.25) is 0 Å². The van der Waals surface area contributed by atoms with E-state index in [1.165, 1.54) is 18.3 Å². The van der Waals surface area contributed by atoms with Crippen LogP contribution in [0.1, 0.15) is 22.4 Å². The maximum atomic E-state index is 15.3. The molecule has 1 aliphatic heterocycles. The topological polar surface area (TPSA) is 66.1 Å². The van der Waals surface area contributed by atoms with Gasteiger partial charge in [-0.05, 0) is 37.1 Å². The highest BCUT2D eigenvalue weighted by Gasteiger charge is 2.27. The van der Waals surface area contributed by atoms with Crippen LogP contribution in [-0.4, -0.2) is 31.2 Å². The summed E-state index contributed by atoms with van der Waals surface area (Å²) in [5.41, 5.74) is 3.86. The first-order chi connectivity index (χ1) is 13.7. The first-order valence-electron chi connectivity index (χ1n) is 9.23. The number of sulfone groups is 1. The van der Waals surface area contributed by atoms with Gasteiger partial charge in [0.05, 0.1) is 17.6 Å². The van der Waals surface area contributed by atoms with E-state index in [0.29, 0.717) is 30.6 Å². The maximum Gasteiger partial charge on any atom is 0.192 e. The maximum absolute atomic E-state index is 15.3. The fraction of sp³-hybridized carbons (Fsp3) is 0.286. The van der Waals surface area contributed by atoms with E-state index in [1.54, 1.807) is 19.1 Å². The molecule has 0 bridgehead atoms. The number of anilines is 1. The molecule has 1 N–H and O–H groups in total. The lowest BCUT2D eigenvalue weighted by molar-refractivity contribution is 0.595. The van der Waals surface area contributed by atoms with Gasteiger partial charge < -0.3 is 9.88 Å². The highest BCUT2D eigenvalue weighted by Crippen LogP contribution is 2.35. The third-order valence-electron chi connectivity index (χ3n) is 5.36. The number of aryl methyl sites for hydroxylation is 2. The molecular weight excluding hydrogens is 396 g/mol. The summed E-state index contributed by atoms with van der Waals surface area (Å²) in [5.74, 6) is -0.910. The standard InChI is InChI=1S/C21H21F2N3O2S/c1-12-5-4-6-15(22)19(12)21-20(23)14-11-26(8-7-16(14)25-21)17-10-24-18(9-13(17)2)29(3,27)28/h4-6,9-10,25H,7-8,11H2,1-3H3. The Morgan fingerprint density at radius 2 is 1.93 bits per heavy atom. The lowest BCUT2D eigenvalue weighted by Crippen LogP contribution is -2.31. The number of pyridine rings is 1. The van der Waals surface area contributed by atoms with Crippen LogP contribution in [0.2, 0.25) is 0 Å². The van der Waals surface area contributed by atoms with E-state index < -0.39 is 21.5 Å². The summed E-state index contributed by atoms with van der Waals surface area (Å²) in [5, 5.41) is 0.0154. The Morgan fingerprint density at radius 3 is 2.59 bits per heavy atom. The number of nitrogens with one attached hydrogen (secondary N) is 1. The van der Waals surface area contributed by atoms with Gasteiger partial charge in [0.1, 0.15) is 5.82 Å². The molecule has 0 saturated heterocycles. The second-order valence-corrected chi connectivity index (χ2v) is 9.42. The highest BCUT2D eigenvalue weighted by atomic mass is 32.2. The summed E-state index contributed by atoms with van der Waals surface area (Å²) in [6.07, 6.45) is 3.19. The minimum atomic E-state index is -3.39. The van der Waals surface area contributed by atoms with Gasteiger partial charge >= 0.3 is 0 Å². The number of H-pyrrole nitrogens is 1. The fourth-order valence-electron chi connectivity index (χ4n) is 3.84. The minimum Gasteiger partial charge on any atom is -0.365 e. The van der Waals surface area contributed by atoms with Crippen molar-refractivity contribution in [2.75, 3.05) is 17.7 Å². The van der Waals surface area contributed by atoms with Crippen LogP contribution in [0.4, 0.5) is 14.5 Å². The number of rotatable bonds is 3. The molecule has 3 heterocycles. The first kappa shape index (κ1) is 19.6. The Morgan fingerprint density at radius 1 is 1.17 bits per heavy atom. The second kappa shape index (κ2) is 6.95. The predicted molar refractivity (Wildman–Crippen MR) is 108 cm³/mol. The highest BCUT2D eigenvalue weighted by molar-refractivity contribution is 7.90. The van der Waals surface area contributed by atoms with E-state index in [1.807, 2.05) is 11.8 Å². The summed E-state index contributed by atoms with van der Waals surface area (Å²) in [6.45, 7) is 4.47. The number of halogens is 2. The zero-order valence-corrected chi connectivity index (χ0v) is 17.2. The molecule has 0 radical (unpaired) electrons. The van der Waals surface area contributed by atoms with Crippen molar-refractivity contribution >= 4 is 15.5 Å². The van der Waals surface area contributed by atoms with Crippen LogP contribution in [0.15, 0.2) is 35.5 Å². The fourth-order valence-corrected chi connectivity index (χ4v) is 4.48. The summed E-state index contributed by atoms with van der Waals surface area (Å²) in [7, 11) is -3.39. The molecule has 1 aromatic carbocycles. The predicted octanol–water partition coefficient (Wildman–Crippen LogP) is 3.94. The molecule has 0 aliphatic carbocycles. The number of fused-ring (bicyclic) bond motifs is 1. The van der Waals surface area contributed by atoms with Crippen molar-refractivity contribution in [2.24, 2.45) is 0 Å². The third kappa shape index (κ3) is 3.42. The van der Waals surface area contributed by atoms with Gasteiger partial charge in [-0.15, -0.1) is 0 Å². The number of hydrogen-bond acceptors (Lipinski definition) is 4. The molecule has 2 aromatic heterocycles. The normalized spacial score (nSPS) is 14.2. The number of benzene rings is 1. The van der Waals surface area contributed by atoms with E-state index in [-0.39, 0.29) is 16.3 Å². The van der Waals surface area contributed by atoms with Crippen LogP contribution in [-0.2, 0) is 22.8 Å². The molecular formula is C21H21F2N3O2S. The molecule has 3 aromatic rings. The zero-order chi connectivity index (χ0) is 20.9. The second-order valence-electron chi connectivity index (χ2n) is 7.46. The van der Waals surface area contributed by atoms with E-state index in [4.69, 9.17) is 0 Å². The van der Waals surface area contributed by atoms with Crippen LogP contribution < -0.4 is 4.90 Å². The Hall–Kier alpha value is -2.74. The molecule has 0 fully saturated rings. The van der Waals surface area contributed by atoms with Crippen molar-refractivity contribution < 1.29 is 17.2 Å². The molecule has 0 unspecified atom stereocenters. The lowest BCUT2D eigenvalue weighted by Gasteiger charge is -2.30.